The van der Waals surface area contributed by atoms with Gasteiger partial charge in [0.15, 0.2) is 0 Å². The number of nitrogens with zero attached hydrogens (tertiary/aromatic N) is 1. The highest BCUT2D eigenvalue weighted by atomic mass is 32.2. The molecule has 1 fully saturated rings. The third-order valence-electron chi connectivity index (χ3n) is 3.50. The molecule has 6 heteroatoms. The molecular weight excluding hydrogens is 252 g/mol. The second-order valence-corrected chi connectivity index (χ2v) is 5.82. The number of carboxylic acids is 1. The first-order chi connectivity index (χ1) is 8.45. The number of rotatable bonds is 5. The lowest BCUT2D eigenvalue weighted by atomic mass is 10.1. The molecule has 0 saturated heterocycles. The Bertz CT molecular complexity index is 312. The van der Waals surface area contributed by atoms with Gasteiger partial charge in [-0.15, -0.1) is 0 Å². The van der Waals surface area contributed by atoms with E-state index in [4.69, 9.17) is 5.11 Å². The number of carboxylic acid groups (broad SMARTS) is 1. The standard InChI is InChI=1S/C12H22N2O3S/c1-8(7-18-3)14(2)12(17)13-10-5-4-9(6-10)11(15)16/h8-10H,4-7H2,1-3H3,(H,13,17)(H,15,16)/t8?,9-,10+/m1/s1. The first kappa shape index (κ1) is 15.1. The van der Waals surface area contributed by atoms with Crippen LogP contribution in [0.25, 0.3) is 0 Å². The average Bonchev–Trinajstić information content (AvgIpc) is 2.77. The van der Waals surface area contributed by atoms with Gasteiger partial charge >= 0.3 is 12.0 Å². The highest BCUT2D eigenvalue weighted by Crippen LogP contribution is 2.25. The molecule has 0 aromatic heterocycles. The van der Waals surface area contributed by atoms with Crippen molar-refractivity contribution >= 4 is 23.8 Å². The van der Waals surface area contributed by atoms with Crippen LogP contribution in [0.5, 0.6) is 0 Å². The first-order valence-electron chi connectivity index (χ1n) is 6.20. The van der Waals surface area contributed by atoms with Gasteiger partial charge in [0.2, 0.25) is 0 Å². The molecule has 5 nitrogen and oxygen atoms in total. The normalized spacial score (nSPS) is 24.6. The van der Waals surface area contributed by atoms with Gasteiger partial charge in [-0.3, -0.25) is 4.79 Å². The van der Waals surface area contributed by atoms with Crippen molar-refractivity contribution < 1.29 is 14.7 Å². The predicted molar refractivity (Wildman–Crippen MR) is 72.9 cm³/mol. The average molecular weight is 274 g/mol. The molecule has 1 aliphatic rings. The SMILES string of the molecule is CSCC(C)N(C)C(=O)N[C@H]1CC[C@@H](C(=O)O)C1. The van der Waals surface area contributed by atoms with Gasteiger partial charge in [0, 0.05) is 24.9 Å². The Labute approximate surface area is 112 Å². The summed E-state index contributed by atoms with van der Waals surface area (Å²) in [5.74, 6) is -0.160. The summed E-state index contributed by atoms with van der Waals surface area (Å²) in [6, 6.07) is 0.0757. The molecule has 18 heavy (non-hydrogen) atoms. The molecule has 0 aliphatic heterocycles. The van der Waals surface area contributed by atoms with E-state index < -0.39 is 5.97 Å². The van der Waals surface area contributed by atoms with Gasteiger partial charge in [-0.2, -0.15) is 11.8 Å². The minimum absolute atomic E-state index is 0.00234. The van der Waals surface area contributed by atoms with Crippen LogP contribution in [0, 0.1) is 5.92 Å². The van der Waals surface area contributed by atoms with E-state index in [0.29, 0.717) is 12.8 Å². The second-order valence-electron chi connectivity index (χ2n) is 4.91. The molecule has 1 rings (SSSR count). The highest BCUT2D eigenvalue weighted by molar-refractivity contribution is 7.98. The van der Waals surface area contributed by atoms with Crippen molar-refractivity contribution in [2.45, 2.75) is 38.3 Å². The molecule has 2 amide bonds. The number of aliphatic carboxylic acids is 1. The van der Waals surface area contributed by atoms with E-state index in [1.54, 1.807) is 23.7 Å². The Kier molecular flexibility index (Phi) is 5.78. The Balaban J connectivity index is 2.39. The molecule has 0 aromatic rings. The van der Waals surface area contributed by atoms with Gasteiger partial charge in [0.1, 0.15) is 0 Å². The fraction of sp³-hybridized carbons (Fsp3) is 0.833. The van der Waals surface area contributed by atoms with E-state index in [-0.39, 0.29) is 24.0 Å². The van der Waals surface area contributed by atoms with Crippen LogP contribution in [0.1, 0.15) is 26.2 Å². The minimum atomic E-state index is -0.754. The lowest BCUT2D eigenvalue weighted by molar-refractivity contribution is -0.141. The van der Waals surface area contributed by atoms with Crippen LogP contribution in [0.2, 0.25) is 0 Å². The zero-order valence-electron chi connectivity index (χ0n) is 11.2. The third kappa shape index (κ3) is 4.08. The van der Waals surface area contributed by atoms with Gasteiger partial charge in [-0.25, -0.2) is 4.79 Å². The summed E-state index contributed by atoms with van der Waals surface area (Å²) in [6.07, 6.45) is 3.97. The maximum atomic E-state index is 11.9. The number of thioether (sulfide) groups is 1. The molecule has 1 unspecified atom stereocenters. The van der Waals surface area contributed by atoms with Crippen LogP contribution >= 0.6 is 11.8 Å². The van der Waals surface area contributed by atoms with E-state index in [1.165, 1.54) is 0 Å². The molecule has 0 bridgehead atoms. The Morgan fingerprint density at radius 3 is 2.67 bits per heavy atom. The molecule has 2 N–H and O–H groups in total. The van der Waals surface area contributed by atoms with Gasteiger partial charge in [0.05, 0.1) is 5.92 Å². The number of urea groups is 1. The smallest absolute Gasteiger partial charge is 0.317 e. The van der Waals surface area contributed by atoms with Crippen molar-refractivity contribution in [2.75, 3.05) is 19.1 Å². The highest BCUT2D eigenvalue weighted by Gasteiger charge is 2.31. The fourth-order valence-electron chi connectivity index (χ4n) is 2.17. The zero-order valence-corrected chi connectivity index (χ0v) is 12.0. The second kappa shape index (κ2) is 6.87. The molecule has 1 saturated carbocycles. The topological polar surface area (TPSA) is 69.6 Å². The number of carbonyl (C=O) groups excluding carboxylic acids is 1. The molecule has 1 aliphatic carbocycles. The van der Waals surface area contributed by atoms with E-state index >= 15 is 0 Å². The minimum Gasteiger partial charge on any atom is -0.481 e. The van der Waals surface area contributed by atoms with Gasteiger partial charge in [-0.05, 0) is 32.4 Å². The van der Waals surface area contributed by atoms with Crippen LogP contribution in [-0.2, 0) is 4.79 Å². The van der Waals surface area contributed by atoms with E-state index in [0.717, 1.165) is 12.2 Å². The fourth-order valence-corrected chi connectivity index (χ4v) is 2.87. The van der Waals surface area contributed by atoms with E-state index in [9.17, 15) is 9.59 Å². The largest absolute Gasteiger partial charge is 0.481 e. The number of nitrogens with one attached hydrogen (secondary N) is 1. The quantitative estimate of drug-likeness (QED) is 0.799. The zero-order chi connectivity index (χ0) is 13.7. The third-order valence-corrected chi connectivity index (χ3v) is 4.31. The van der Waals surface area contributed by atoms with Gasteiger partial charge < -0.3 is 15.3 Å². The molecule has 0 radical (unpaired) electrons. The maximum Gasteiger partial charge on any atom is 0.317 e. The molecule has 0 heterocycles. The summed E-state index contributed by atoms with van der Waals surface area (Å²) in [5, 5.41) is 11.8. The summed E-state index contributed by atoms with van der Waals surface area (Å²) in [4.78, 5) is 24.5. The van der Waals surface area contributed by atoms with Crippen molar-refractivity contribution in [2.24, 2.45) is 5.92 Å². The Morgan fingerprint density at radius 2 is 2.17 bits per heavy atom. The monoisotopic (exact) mass is 274 g/mol. The van der Waals surface area contributed by atoms with Crippen LogP contribution in [-0.4, -0.2) is 53.1 Å². The summed E-state index contributed by atoms with van der Waals surface area (Å²) in [6.45, 7) is 2.00. The summed E-state index contributed by atoms with van der Waals surface area (Å²) < 4.78 is 0. The summed E-state index contributed by atoms with van der Waals surface area (Å²) >= 11 is 1.70. The van der Waals surface area contributed by atoms with Crippen LogP contribution in [0.3, 0.4) is 0 Å². The lowest BCUT2D eigenvalue weighted by Gasteiger charge is -2.26. The summed E-state index contributed by atoms with van der Waals surface area (Å²) in [7, 11) is 1.78. The first-order valence-corrected chi connectivity index (χ1v) is 7.60. The van der Waals surface area contributed by atoms with Crippen LogP contribution in [0.15, 0.2) is 0 Å². The molecular formula is C12H22N2O3S. The van der Waals surface area contributed by atoms with Crippen molar-refractivity contribution in [3.8, 4) is 0 Å². The molecule has 104 valence electrons. The van der Waals surface area contributed by atoms with E-state index in [1.807, 2.05) is 13.2 Å². The van der Waals surface area contributed by atoms with Crippen molar-refractivity contribution in [1.29, 1.82) is 0 Å². The molecule has 0 spiro atoms. The molecule has 3 atom stereocenters. The van der Waals surface area contributed by atoms with Crippen molar-refractivity contribution in [3.63, 3.8) is 0 Å². The lowest BCUT2D eigenvalue weighted by Crippen LogP contribution is -2.46. The molecule has 0 aromatic carbocycles. The Morgan fingerprint density at radius 1 is 1.50 bits per heavy atom. The number of hydrogen-bond donors (Lipinski definition) is 2. The number of carbonyl (C=O) groups is 2. The predicted octanol–water partition coefficient (Wildman–Crippen LogP) is 1.63. The summed E-state index contributed by atoms with van der Waals surface area (Å²) in [5.41, 5.74) is 0. The van der Waals surface area contributed by atoms with Crippen LogP contribution < -0.4 is 5.32 Å². The Hall–Kier alpha value is -0.910. The van der Waals surface area contributed by atoms with Gasteiger partial charge in [0.25, 0.3) is 0 Å². The number of hydrogen-bond acceptors (Lipinski definition) is 3. The van der Waals surface area contributed by atoms with Crippen molar-refractivity contribution in [1.82, 2.24) is 10.2 Å². The van der Waals surface area contributed by atoms with Crippen LogP contribution in [0.4, 0.5) is 4.79 Å². The van der Waals surface area contributed by atoms with E-state index in [2.05, 4.69) is 5.32 Å². The van der Waals surface area contributed by atoms with Crippen molar-refractivity contribution in [3.05, 3.63) is 0 Å². The van der Waals surface area contributed by atoms with Gasteiger partial charge in [-0.1, -0.05) is 0 Å². The maximum absolute atomic E-state index is 11.9. The number of amides is 2.